The fourth-order valence-electron chi connectivity index (χ4n) is 3.10. The highest BCUT2D eigenvalue weighted by molar-refractivity contribution is 6.21. The van der Waals surface area contributed by atoms with E-state index in [2.05, 4.69) is 4.74 Å². The van der Waals surface area contributed by atoms with E-state index in [1.165, 1.54) is 18.1 Å². The predicted molar refractivity (Wildman–Crippen MR) is 97.7 cm³/mol. The Balaban J connectivity index is 1.59. The fourth-order valence-corrected chi connectivity index (χ4v) is 3.10. The molecule has 2 aromatic rings. The molecule has 0 fully saturated rings. The van der Waals surface area contributed by atoms with Crippen molar-refractivity contribution in [2.45, 2.75) is 19.9 Å². The second-order valence-corrected chi connectivity index (χ2v) is 6.48. The van der Waals surface area contributed by atoms with Crippen LogP contribution in [0.15, 0.2) is 34.7 Å². The Labute approximate surface area is 161 Å². The highest BCUT2D eigenvalue weighted by Crippen LogP contribution is 2.23. The van der Waals surface area contributed by atoms with E-state index in [0.29, 0.717) is 28.2 Å². The topological polar surface area (TPSA) is 97.1 Å². The summed E-state index contributed by atoms with van der Waals surface area (Å²) in [5.74, 6) is -0.693. The molecule has 0 unspecified atom stereocenters. The highest BCUT2D eigenvalue weighted by Gasteiger charge is 2.35. The third kappa shape index (κ3) is 3.53. The number of fused-ring (bicyclic) bond motifs is 1. The second-order valence-electron chi connectivity index (χ2n) is 6.48. The Kier molecular flexibility index (Phi) is 5.30. The largest absolute Gasteiger partial charge is 0.465 e. The van der Waals surface area contributed by atoms with Crippen LogP contribution in [0.4, 0.5) is 0 Å². The number of carbonyl (C=O) groups is 4. The molecule has 0 aliphatic carbocycles. The molecule has 0 spiro atoms. The number of carbonyl (C=O) groups excluding carboxylic acids is 4. The summed E-state index contributed by atoms with van der Waals surface area (Å²) >= 11 is 0. The molecule has 1 aliphatic heterocycles. The molecule has 0 atom stereocenters. The summed E-state index contributed by atoms with van der Waals surface area (Å²) in [5.41, 5.74) is 1.02. The predicted octanol–water partition coefficient (Wildman–Crippen LogP) is 2.02. The standard InChI is InChI=1S/C20H20N2O6/c1-12-16(20(26)27-3)10-13(28-12)11-21(2)17(23)8-9-22-18(24)14-6-4-5-7-15(14)19(22)25/h4-7,10H,8-9,11H2,1-3H3. The number of hydrogen-bond donors (Lipinski definition) is 0. The summed E-state index contributed by atoms with van der Waals surface area (Å²) in [6.45, 7) is 1.79. The number of ether oxygens (including phenoxy) is 1. The molecule has 1 aromatic heterocycles. The van der Waals surface area contributed by atoms with Crippen LogP contribution in [0, 0.1) is 6.92 Å². The molecule has 0 bridgehead atoms. The van der Waals surface area contributed by atoms with Crippen LogP contribution in [-0.2, 0) is 16.1 Å². The van der Waals surface area contributed by atoms with E-state index >= 15 is 0 Å². The number of hydrogen-bond acceptors (Lipinski definition) is 6. The molecule has 3 rings (SSSR count). The van der Waals surface area contributed by atoms with Gasteiger partial charge in [0.1, 0.15) is 17.1 Å². The maximum atomic E-state index is 12.4. The van der Waals surface area contributed by atoms with Gasteiger partial charge < -0.3 is 14.1 Å². The minimum absolute atomic E-state index is 0.000112. The van der Waals surface area contributed by atoms with Crippen molar-refractivity contribution in [1.82, 2.24) is 9.80 Å². The number of esters is 1. The van der Waals surface area contributed by atoms with E-state index in [0.717, 1.165) is 4.90 Å². The van der Waals surface area contributed by atoms with E-state index in [1.54, 1.807) is 38.2 Å². The maximum absolute atomic E-state index is 12.4. The molecule has 2 heterocycles. The quantitative estimate of drug-likeness (QED) is 0.558. The van der Waals surface area contributed by atoms with Gasteiger partial charge in [-0.3, -0.25) is 19.3 Å². The molecule has 0 saturated carbocycles. The molecule has 1 aliphatic rings. The van der Waals surface area contributed by atoms with Crippen molar-refractivity contribution < 1.29 is 28.3 Å². The van der Waals surface area contributed by atoms with Gasteiger partial charge >= 0.3 is 5.97 Å². The van der Waals surface area contributed by atoms with Gasteiger partial charge in [0.2, 0.25) is 5.91 Å². The molecule has 8 heteroatoms. The van der Waals surface area contributed by atoms with E-state index in [4.69, 9.17) is 4.42 Å². The molecule has 3 amide bonds. The smallest absolute Gasteiger partial charge is 0.341 e. The lowest BCUT2D eigenvalue weighted by atomic mass is 10.1. The number of methoxy groups -OCH3 is 1. The van der Waals surface area contributed by atoms with Gasteiger partial charge in [-0.15, -0.1) is 0 Å². The Morgan fingerprint density at radius 1 is 1.14 bits per heavy atom. The summed E-state index contributed by atoms with van der Waals surface area (Å²) in [6, 6.07) is 8.12. The zero-order valence-electron chi connectivity index (χ0n) is 15.9. The van der Waals surface area contributed by atoms with Gasteiger partial charge in [-0.2, -0.15) is 0 Å². The van der Waals surface area contributed by atoms with Crippen LogP contribution in [0.3, 0.4) is 0 Å². The first-order valence-corrected chi connectivity index (χ1v) is 8.70. The van der Waals surface area contributed by atoms with Crippen LogP contribution in [0.1, 0.15) is 49.0 Å². The molecule has 0 N–H and O–H groups in total. The lowest BCUT2D eigenvalue weighted by Gasteiger charge is -2.18. The Hall–Kier alpha value is -3.42. The Morgan fingerprint density at radius 3 is 2.32 bits per heavy atom. The van der Waals surface area contributed by atoms with Crippen LogP contribution >= 0.6 is 0 Å². The van der Waals surface area contributed by atoms with Crippen molar-refractivity contribution in [1.29, 1.82) is 0 Å². The third-order valence-corrected chi connectivity index (χ3v) is 4.62. The minimum Gasteiger partial charge on any atom is -0.465 e. The highest BCUT2D eigenvalue weighted by atomic mass is 16.5. The summed E-state index contributed by atoms with van der Waals surface area (Å²) in [4.78, 5) is 51.2. The molecule has 28 heavy (non-hydrogen) atoms. The van der Waals surface area contributed by atoms with Crippen LogP contribution in [0.2, 0.25) is 0 Å². The number of furan rings is 1. The molecule has 146 valence electrons. The van der Waals surface area contributed by atoms with Crippen LogP contribution < -0.4 is 0 Å². The zero-order valence-corrected chi connectivity index (χ0v) is 15.9. The van der Waals surface area contributed by atoms with Crippen molar-refractivity contribution in [3.63, 3.8) is 0 Å². The molecule has 1 aromatic carbocycles. The number of aryl methyl sites for hydroxylation is 1. The van der Waals surface area contributed by atoms with Crippen molar-refractivity contribution in [2.75, 3.05) is 20.7 Å². The second kappa shape index (κ2) is 7.67. The van der Waals surface area contributed by atoms with Crippen molar-refractivity contribution in [2.24, 2.45) is 0 Å². The first-order valence-electron chi connectivity index (χ1n) is 8.70. The van der Waals surface area contributed by atoms with Gasteiger partial charge in [0, 0.05) is 20.0 Å². The molecular weight excluding hydrogens is 364 g/mol. The van der Waals surface area contributed by atoms with Crippen molar-refractivity contribution in [3.05, 3.63) is 58.5 Å². The van der Waals surface area contributed by atoms with E-state index in [1.807, 2.05) is 0 Å². The van der Waals surface area contributed by atoms with E-state index < -0.39 is 5.97 Å². The van der Waals surface area contributed by atoms with Crippen LogP contribution in [0.5, 0.6) is 0 Å². The average Bonchev–Trinajstić information content (AvgIpc) is 3.17. The summed E-state index contributed by atoms with van der Waals surface area (Å²) in [7, 11) is 2.86. The first kappa shape index (κ1) is 19.3. The molecular formula is C20H20N2O6. The van der Waals surface area contributed by atoms with Crippen LogP contribution in [-0.4, -0.2) is 54.2 Å². The fraction of sp³-hybridized carbons (Fsp3) is 0.300. The van der Waals surface area contributed by atoms with Crippen molar-refractivity contribution in [3.8, 4) is 0 Å². The summed E-state index contributed by atoms with van der Waals surface area (Å²) < 4.78 is 10.2. The summed E-state index contributed by atoms with van der Waals surface area (Å²) in [5, 5.41) is 0. The van der Waals surface area contributed by atoms with Crippen molar-refractivity contribution >= 4 is 23.7 Å². The van der Waals surface area contributed by atoms with Gasteiger partial charge in [-0.25, -0.2) is 4.79 Å². The number of imide groups is 1. The monoisotopic (exact) mass is 384 g/mol. The van der Waals surface area contributed by atoms with Gasteiger partial charge in [0.15, 0.2) is 0 Å². The number of rotatable bonds is 6. The van der Waals surface area contributed by atoms with E-state index in [9.17, 15) is 19.2 Å². The lowest BCUT2D eigenvalue weighted by Crippen LogP contribution is -2.35. The average molecular weight is 384 g/mol. The SMILES string of the molecule is COC(=O)c1cc(CN(C)C(=O)CCN2C(=O)c3ccccc3C2=O)oc1C. The zero-order chi connectivity index (χ0) is 20.4. The number of benzene rings is 1. The Morgan fingerprint density at radius 2 is 1.75 bits per heavy atom. The lowest BCUT2D eigenvalue weighted by molar-refractivity contribution is -0.130. The molecule has 0 saturated heterocycles. The third-order valence-electron chi connectivity index (χ3n) is 4.62. The van der Waals surface area contributed by atoms with E-state index in [-0.39, 0.29) is 37.2 Å². The maximum Gasteiger partial charge on any atom is 0.341 e. The molecule has 0 radical (unpaired) electrons. The normalized spacial score (nSPS) is 12.9. The van der Waals surface area contributed by atoms with Gasteiger partial charge in [0.05, 0.1) is 24.8 Å². The van der Waals surface area contributed by atoms with Crippen LogP contribution in [0.25, 0.3) is 0 Å². The number of nitrogens with zero attached hydrogens (tertiary/aromatic N) is 2. The summed E-state index contributed by atoms with van der Waals surface area (Å²) in [6.07, 6.45) is -0.00841. The first-order chi connectivity index (χ1) is 13.3. The van der Waals surface area contributed by atoms with Gasteiger partial charge in [-0.1, -0.05) is 12.1 Å². The van der Waals surface area contributed by atoms with Gasteiger partial charge in [0.25, 0.3) is 11.8 Å². The molecule has 8 nitrogen and oxygen atoms in total. The number of amides is 3. The Bertz CT molecular complexity index is 926. The van der Waals surface area contributed by atoms with Gasteiger partial charge in [-0.05, 0) is 25.1 Å². The minimum atomic E-state index is -0.507.